The maximum absolute atomic E-state index is 11.7. The average molecular weight is 284 g/mol. The Morgan fingerprint density at radius 1 is 1.55 bits per heavy atom. The van der Waals surface area contributed by atoms with Crippen LogP contribution in [0.2, 0.25) is 0 Å². The fourth-order valence-electron chi connectivity index (χ4n) is 1.87. The van der Waals surface area contributed by atoms with Crippen LogP contribution in [-0.4, -0.2) is 39.6 Å². The second-order valence-corrected chi connectivity index (χ2v) is 4.65. The lowest BCUT2D eigenvalue weighted by atomic mass is 10.3. The molecule has 1 rings (SSSR count). The van der Waals surface area contributed by atoms with Crippen LogP contribution in [0.5, 0.6) is 0 Å². The Morgan fingerprint density at radius 2 is 2.15 bits per heavy atom. The predicted molar refractivity (Wildman–Crippen MR) is 73.7 cm³/mol. The van der Waals surface area contributed by atoms with E-state index in [0.717, 1.165) is 0 Å². The molecule has 0 saturated heterocycles. The summed E-state index contributed by atoms with van der Waals surface area (Å²) >= 11 is 0. The number of imidazole rings is 1. The summed E-state index contributed by atoms with van der Waals surface area (Å²) < 4.78 is 6.52. The molecule has 0 aliphatic heterocycles. The first-order chi connectivity index (χ1) is 9.29. The van der Waals surface area contributed by atoms with E-state index in [1.807, 2.05) is 13.8 Å². The summed E-state index contributed by atoms with van der Waals surface area (Å²) in [5, 5.41) is 11.1. The van der Waals surface area contributed by atoms with Crippen LogP contribution in [-0.2, 0) is 16.6 Å². The minimum absolute atomic E-state index is 0.0503. The highest BCUT2D eigenvalue weighted by Crippen LogP contribution is 2.29. The first-order valence-corrected chi connectivity index (χ1v) is 6.39. The molecule has 0 saturated carbocycles. The van der Waals surface area contributed by atoms with Gasteiger partial charge in [0.15, 0.2) is 0 Å². The Bertz CT molecular complexity index is 510. The second kappa shape index (κ2) is 6.36. The van der Waals surface area contributed by atoms with Crippen molar-refractivity contribution in [3.8, 4) is 0 Å². The maximum Gasteiger partial charge on any atom is 0.406 e. The van der Waals surface area contributed by atoms with Crippen molar-refractivity contribution >= 4 is 17.6 Å². The number of hydrogen-bond donors (Lipinski definition) is 0. The predicted octanol–water partition coefficient (Wildman–Crippen LogP) is 1.41. The van der Waals surface area contributed by atoms with Crippen LogP contribution in [0.1, 0.15) is 26.6 Å². The van der Waals surface area contributed by atoms with Crippen LogP contribution in [0.4, 0.5) is 11.6 Å². The number of ether oxygens (including phenoxy) is 1. The highest BCUT2D eigenvalue weighted by molar-refractivity contribution is 5.76. The van der Waals surface area contributed by atoms with E-state index < -0.39 is 10.9 Å². The summed E-state index contributed by atoms with van der Waals surface area (Å²) in [5.41, 5.74) is 0. The molecule has 0 atom stereocenters. The smallest absolute Gasteiger partial charge is 0.406 e. The molecule has 112 valence electrons. The van der Waals surface area contributed by atoms with Crippen LogP contribution in [0.3, 0.4) is 0 Å². The number of hydrogen-bond acceptors (Lipinski definition) is 6. The number of rotatable bonds is 6. The molecule has 0 aliphatic carbocycles. The maximum atomic E-state index is 11.7. The van der Waals surface area contributed by atoms with Crippen LogP contribution < -0.4 is 4.90 Å². The van der Waals surface area contributed by atoms with Gasteiger partial charge in [-0.05, 0) is 30.7 Å². The van der Waals surface area contributed by atoms with Crippen molar-refractivity contribution in [3.05, 3.63) is 15.9 Å². The molecule has 1 aromatic heterocycles. The molecular weight excluding hydrogens is 264 g/mol. The summed E-state index contributed by atoms with van der Waals surface area (Å²) in [6.45, 7) is 7.33. The summed E-state index contributed by atoms with van der Waals surface area (Å²) in [4.78, 5) is 27.8. The lowest BCUT2D eigenvalue weighted by Gasteiger charge is -2.26. The van der Waals surface area contributed by atoms with Crippen LogP contribution in [0.25, 0.3) is 0 Å². The standard InChI is InChI=1S/C12H20N4O4/c1-6-20-10(17)7-15(8(2)3)12-11(16(18)19)13-9(4)14(12)5/h8H,6-7H2,1-5H3. The monoisotopic (exact) mass is 284 g/mol. The Balaban J connectivity index is 3.21. The van der Waals surface area contributed by atoms with Gasteiger partial charge in [0.05, 0.1) is 6.61 Å². The average Bonchev–Trinajstić information content (AvgIpc) is 2.63. The number of aryl methyl sites for hydroxylation is 1. The number of anilines is 1. The number of nitro groups is 1. The van der Waals surface area contributed by atoms with Gasteiger partial charge in [-0.15, -0.1) is 0 Å². The van der Waals surface area contributed by atoms with Crippen LogP contribution in [0, 0.1) is 17.0 Å². The first kappa shape index (κ1) is 15.9. The van der Waals surface area contributed by atoms with Gasteiger partial charge in [-0.2, -0.15) is 0 Å². The minimum Gasteiger partial charge on any atom is -0.465 e. The number of carbonyl (C=O) groups is 1. The van der Waals surface area contributed by atoms with Gasteiger partial charge in [0.2, 0.25) is 11.6 Å². The van der Waals surface area contributed by atoms with Crippen molar-refractivity contribution < 1.29 is 14.5 Å². The lowest BCUT2D eigenvalue weighted by molar-refractivity contribution is -0.388. The Kier molecular flexibility index (Phi) is 5.06. The molecule has 20 heavy (non-hydrogen) atoms. The summed E-state index contributed by atoms with van der Waals surface area (Å²) in [7, 11) is 1.69. The van der Waals surface area contributed by atoms with Crippen molar-refractivity contribution in [2.45, 2.75) is 33.7 Å². The molecule has 0 N–H and O–H groups in total. The fraction of sp³-hybridized carbons (Fsp3) is 0.667. The van der Waals surface area contributed by atoms with E-state index in [1.54, 1.807) is 30.4 Å². The van der Waals surface area contributed by atoms with Gasteiger partial charge in [0, 0.05) is 20.0 Å². The van der Waals surface area contributed by atoms with Crippen molar-refractivity contribution in [2.75, 3.05) is 18.1 Å². The van der Waals surface area contributed by atoms with Gasteiger partial charge in [-0.1, -0.05) is 0 Å². The van der Waals surface area contributed by atoms with Crippen molar-refractivity contribution in [1.29, 1.82) is 0 Å². The highest BCUT2D eigenvalue weighted by atomic mass is 16.6. The van der Waals surface area contributed by atoms with E-state index in [-0.39, 0.29) is 25.0 Å². The van der Waals surface area contributed by atoms with Crippen molar-refractivity contribution in [1.82, 2.24) is 9.55 Å². The SMILES string of the molecule is CCOC(=O)CN(c1c([N+](=O)[O-])nc(C)n1C)C(C)C. The third-order valence-corrected chi connectivity index (χ3v) is 2.94. The molecular formula is C12H20N4O4. The molecule has 0 fully saturated rings. The normalized spacial score (nSPS) is 10.7. The zero-order valence-corrected chi connectivity index (χ0v) is 12.4. The number of nitrogens with zero attached hydrogens (tertiary/aromatic N) is 4. The topological polar surface area (TPSA) is 90.5 Å². The van der Waals surface area contributed by atoms with Crippen molar-refractivity contribution in [3.63, 3.8) is 0 Å². The second-order valence-electron chi connectivity index (χ2n) is 4.65. The van der Waals surface area contributed by atoms with Gasteiger partial charge in [-0.3, -0.25) is 9.36 Å². The van der Waals surface area contributed by atoms with Crippen LogP contribution in [0.15, 0.2) is 0 Å². The Labute approximate surface area is 117 Å². The largest absolute Gasteiger partial charge is 0.465 e. The third kappa shape index (κ3) is 3.25. The molecule has 0 bridgehead atoms. The van der Waals surface area contributed by atoms with E-state index in [9.17, 15) is 14.9 Å². The molecule has 1 aromatic rings. The van der Waals surface area contributed by atoms with Gasteiger partial charge >= 0.3 is 11.8 Å². The number of esters is 1. The van der Waals surface area contributed by atoms with E-state index in [4.69, 9.17) is 4.74 Å². The van der Waals surface area contributed by atoms with Gasteiger partial charge in [0.1, 0.15) is 6.54 Å². The first-order valence-electron chi connectivity index (χ1n) is 6.39. The van der Waals surface area contributed by atoms with E-state index in [0.29, 0.717) is 11.6 Å². The van der Waals surface area contributed by atoms with Gasteiger partial charge in [0.25, 0.3) is 0 Å². The third-order valence-electron chi connectivity index (χ3n) is 2.94. The highest BCUT2D eigenvalue weighted by Gasteiger charge is 2.31. The fourth-order valence-corrected chi connectivity index (χ4v) is 1.87. The molecule has 0 radical (unpaired) electrons. The number of carbonyl (C=O) groups excluding carboxylic acids is 1. The van der Waals surface area contributed by atoms with Gasteiger partial charge in [-0.25, -0.2) is 0 Å². The van der Waals surface area contributed by atoms with E-state index in [2.05, 4.69) is 4.98 Å². The zero-order chi connectivity index (χ0) is 15.4. The summed E-state index contributed by atoms with van der Waals surface area (Å²) in [5.74, 6) is 0.161. The molecule has 0 unspecified atom stereocenters. The lowest BCUT2D eigenvalue weighted by Crippen LogP contribution is -2.38. The van der Waals surface area contributed by atoms with Crippen LogP contribution >= 0.6 is 0 Å². The molecule has 0 aliphatic rings. The quantitative estimate of drug-likeness (QED) is 0.445. The molecule has 1 heterocycles. The van der Waals surface area contributed by atoms with Gasteiger partial charge < -0.3 is 19.8 Å². The van der Waals surface area contributed by atoms with Crippen molar-refractivity contribution in [2.24, 2.45) is 7.05 Å². The number of aromatic nitrogens is 2. The molecule has 0 spiro atoms. The molecule has 8 nitrogen and oxygen atoms in total. The summed E-state index contributed by atoms with van der Waals surface area (Å²) in [6.07, 6.45) is 0. The zero-order valence-electron chi connectivity index (χ0n) is 12.4. The molecule has 0 amide bonds. The molecule has 8 heteroatoms. The van der Waals surface area contributed by atoms with E-state index >= 15 is 0 Å². The minimum atomic E-state index is -0.539. The Hall–Kier alpha value is -2.12. The van der Waals surface area contributed by atoms with E-state index in [1.165, 1.54) is 0 Å². The molecule has 0 aromatic carbocycles. The Morgan fingerprint density at radius 3 is 2.60 bits per heavy atom. The summed E-state index contributed by atoms with van der Waals surface area (Å²) in [6, 6.07) is -0.104.